The molecule has 0 amide bonds. The lowest BCUT2D eigenvalue weighted by molar-refractivity contribution is -0.137. The van der Waals surface area contributed by atoms with E-state index in [1.54, 1.807) is 18.3 Å². The fourth-order valence-electron chi connectivity index (χ4n) is 0.780. The van der Waals surface area contributed by atoms with E-state index < -0.39 is 22.8 Å². The molecule has 0 aliphatic heterocycles. The van der Waals surface area contributed by atoms with Crippen molar-refractivity contribution in [2.75, 3.05) is 5.75 Å². The van der Waals surface area contributed by atoms with Gasteiger partial charge in [0.2, 0.25) is 0 Å². The minimum absolute atomic E-state index is 0.0736. The Morgan fingerprint density at radius 2 is 2.46 bits per heavy atom. The van der Waals surface area contributed by atoms with Crippen LogP contribution in [0.1, 0.15) is 0 Å². The number of carboxylic acids is 1. The third kappa shape index (κ3) is 2.67. The number of rotatable bonds is 4. The molecule has 4 N–H and O–H groups in total. The number of nitrogens with two attached hydrogens (primary N) is 1. The third-order valence-electron chi connectivity index (χ3n) is 1.46. The maximum Gasteiger partial charge on any atom is 0.321 e. The monoisotopic (exact) mass is 202 g/mol. The van der Waals surface area contributed by atoms with Gasteiger partial charge in [0.15, 0.2) is 0 Å². The predicted octanol–water partition coefficient (Wildman–Crippen LogP) is -0.466. The Bertz CT molecular complexity index is 310. The molecule has 13 heavy (non-hydrogen) atoms. The number of hydrogen-bond acceptors (Lipinski definition) is 3. The molecule has 1 unspecified atom stereocenters. The van der Waals surface area contributed by atoms with Crippen molar-refractivity contribution in [3.8, 4) is 0 Å². The highest BCUT2D eigenvalue weighted by molar-refractivity contribution is 7.85. The minimum Gasteiger partial charge on any atom is -0.480 e. The molecule has 0 saturated heterocycles. The number of nitrogens with one attached hydrogen (secondary N) is 1. The summed E-state index contributed by atoms with van der Waals surface area (Å²) < 4.78 is 11.4. The number of aliphatic carboxylic acids is 1. The van der Waals surface area contributed by atoms with Crippen LogP contribution < -0.4 is 5.73 Å². The van der Waals surface area contributed by atoms with Crippen LogP contribution in [0.15, 0.2) is 23.4 Å². The Kier molecular flexibility index (Phi) is 3.21. The van der Waals surface area contributed by atoms with Gasteiger partial charge in [-0.05, 0) is 12.1 Å². The minimum atomic E-state index is -1.36. The zero-order valence-electron chi connectivity index (χ0n) is 6.77. The van der Waals surface area contributed by atoms with E-state index >= 15 is 0 Å². The van der Waals surface area contributed by atoms with Gasteiger partial charge >= 0.3 is 5.97 Å². The van der Waals surface area contributed by atoms with Crippen molar-refractivity contribution in [2.45, 2.75) is 11.1 Å². The van der Waals surface area contributed by atoms with E-state index in [1.165, 1.54) is 0 Å². The molecule has 2 atom stereocenters. The number of carbonyl (C=O) groups is 1. The lowest BCUT2D eigenvalue weighted by atomic mass is 10.4. The first-order valence-corrected chi connectivity index (χ1v) is 4.93. The Labute approximate surface area is 77.4 Å². The van der Waals surface area contributed by atoms with E-state index in [1.807, 2.05) is 0 Å². The van der Waals surface area contributed by atoms with Crippen molar-refractivity contribution in [3.63, 3.8) is 0 Å². The SMILES string of the molecule is N[C@@H](CS(=O)c1ccc[nH]1)C(=O)O. The van der Waals surface area contributed by atoms with Crippen LogP contribution in [0.2, 0.25) is 0 Å². The van der Waals surface area contributed by atoms with Gasteiger partial charge in [0, 0.05) is 6.20 Å². The highest BCUT2D eigenvalue weighted by Gasteiger charge is 2.16. The topological polar surface area (TPSA) is 96.2 Å². The van der Waals surface area contributed by atoms with E-state index in [2.05, 4.69) is 4.98 Å². The molecule has 1 aromatic rings. The summed E-state index contributed by atoms with van der Waals surface area (Å²) in [6.45, 7) is 0. The summed E-state index contributed by atoms with van der Waals surface area (Å²) in [5.74, 6) is -1.21. The first kappa shape index (κ1) is 9.94. The first-order chi connectivity index (χ1) is 6.11. The van der Waals surface area contributed by atoms with Crippen LogP contribution in [0, 0.1) is 0 Å². The average molecular weight is 202 g/mol. The summed E-state index contributed by atoms with van der Waals surface area (Å²) in [6.07, 6.45) is 1.62. The number of H-pyrrole nitrogens is 1. The number of aromatic nitrogens is 1. The van der Waals surface area contributed by atoms with E-state index in [9.17, 15) is 9.00 Å². The lowest BCUT2D eigenvalue weighted by Gasteiger charge is -2.03. The molecule has 1 rings (SSSR count). The molecule has 0 bridgehead atoms. The third-order valence-corrected chi connectivity index (χ3v) is 2.87. The van der Waals surface area contributed by atoms with Gasteiger partial charge in [0.05, 0.1) is 16.6 Å². The molecule has 72 valence electrons. The van der Waals surface area contributed by atoms with E-state index in [4.69, 9.17) is 10.8 Å². The van der Waals surface area contributed by atoms with E-state index in [0.29, 0.717) is 5.03 Å². The zero-order valence-corrected chi connectivity index (χ0v) is 7.58. The van der Waals surface area contributed by atoms with Crippen LogP contribution in [-0.4, -0.2) is 32.1 Å². The predicted molar refractivity (Wildman–Crippen MR) is 47.7 cm³/mol. The average Bonchev–Trinajstić information content (AvgIpc) is 2.55. The number of hydrogen-bond donors (Lipinski definition) is 3. The van der Waals surface area contributed by atoms with E-state index in [0.717, 1.165) is 0 Å². The Morgan fingerprint density at radius 3 is 2.92 bits per heavy atom. The molecule has 0 fully saturated rings. The standard InChI is InChI=1S/C7H10N2O3S/c8-5(7(10)11)4-13(12)6-2-1-3-9-6/h1-3,5,9H,4,8H2,(H,10,11)/t5-,13?/m0/s1. The van der Waals surface area contributed by atoms with Gasteiger partial charge in [-0.3, -0.25) is 9.00 Å². The largest absolute Gasteiger partial charge is 0.480 e. The first-order valence-electron chi connectivity index (χ1n) is 3.61. The van der Waals surface area contributed by atoms with E-state index in [-0.39, 0.29) is 5.75 Å². The molecule has 0 spiro atoms. The fourth-order valence-corrected chi connectivity index (χ4v) is 1.86. The van der Waals surface area contributed by atoms with Gasteiger partial charge in [-0.2, -0.15) is 0 Å². The maximum atomic E-state index is 11.4. The second-order valence-corrected chi connectivity index (χ2v) is 3.96. The molecule has 1 aromatic heterocycles. The summed E-state index contributed by atoms with van der Waals surface area (Å²) >= 11 is 0. The molecular formula is C7H10N2O3S. The Hall–Kier alpha value is -1.14. The molecule has 0 saturated carbocycles. The van der Waals surface area contributed by atoms with Crippen molar-refractivity contribution in [1.29, 1.82) is 0 Å². The van der Waals surface area contributed by atoms with Crippen LogP contribution in [0.3, 0.4) is 0 Å². The summed E-state index contributed by atoms with van der Waals surface area (Å²) in [5, 5.41) is 8.96. The van der Waals surface area contributed by atoms with Crippen LogP contribution in [-0.2, 0) is 15.6 Å². The van der Waals surface area contributed by atoms with Crippen molar-refractivity contribution < 1.29 is 14.1 Å². The van der Waals surface area contributed by atoms with Crippen LogP contribution >= 0.6 is 0 Å². The van der Waals surface area contributed by atoms with Gasteiger partial charge in [-0.25, -0.2) is 0 Å². The van der Waals surface area contributed by atoms with Gasteiger partial charge in [-0.1, -0.05) is 0 Å². The summed E-state index contributed by atoms with van der Waals surface area (Å²) in [4.78, 5) is 13.1. The van der Waals surface area contributed by atoms with Gasteiger partial charge < -0.3 is 15.8 Å². The van der Waals surface area contributed by atoms with Crippen molar-refractivity contribution >= 4 is 16.8 Å². The number of aromatic amines is 1. The zero-order chi connectivity index (χ0) is 9.84. The molecule has 6 heteroatoms. The van der Waals surface area contributed by atoms with Gasteiger partial charge in [-0.15, -0.1) is 0 Å². The Balaban J connectivity index is 2.56. The molecule has 0 aliphatic rings. The number of carboxylic acid groups (broad SMARTS) is 1. The van der Waals surface area contributed by atoms with Crippen LogP contribution in [0.25, 0.3) is 0 Å². The molecule has 5 nitrogen and oxygen atoms in total. The molecule has 0 aliphatic carbocycles. The normalized spacial score (nSPS) is 15.2. The van der Waals surface area contributed by atoms with Crippen LogP contribution in [0.4, 0.5) is 0 Å². The second-order valence-electron chi connectivity index (χ2n) is 2.49. The molecule has 0 radical (unpaired) electrons. The fraction of sp³-hybridized carbons (Fsp3) is 0.286. The Morgan fingerprint density at radius 1 is 1.77 bits per heavy atom. The lowest BCUT2D eigenvalue weighted by Crippen LogP contribution is -2.35. The molecule has 1 heterocycles. The van der Waals surface area contributed by atoms with Crippen molar-refractivity contribution in [3.05, 3.63) is 18.3 Å². The maximum absolute atomic E-state index is 11.4. The molecule has 0 aromatic carbocycles. The summed E-state index contributed by atoms with van der Waals surface area (Å²) in [6, 6.07) is 2.24. The van der Waals surface area contributed by atoms with Crippen molar-refractivity contribution in [1.82, 2.24) is 4.98 Å². The highest BCUT2D eigenvalue weighted by Crippen LogP contribution is 2.02. The van der Waals surface area contributed by atoms with Crippen LogP contribution in [0.5, 0.6) is 0 Å². The van der Waals surface area contributed by atoms with Gasteiger partial charge in [0.25, 0.3) is 0 Å². The highest BCUT2D eigenvalue weighted by atomic mass is 32.2. The molecular weight excluding hydrogens is 192 g/mol. The summed E-state index contributed by atoms with van der Waals surface area (Å²) in [7, 11) is -1.36. The van der Waals surface area contributed by atoms with Crippen molar-refractivity contribution in [2.24, 2.45) is 5.73 Å². The quantitative estimate of drug-likeness (QED) is 0.615. The smallest absolute Gasteiger partial charge is 0.321 e. The second kappa shape index (κ2) is 4.20. The summed E-state index contributed by atoms with van der Waals surface area (Å²) in [5.41, 5.74) is 5.22. The van der Waals surface area contributed by atoms with Gasteiger partial charge in [0.1, 0.15) is 11.1 Å².